The number of nitrogens with zero attached hydrogens (tertiary/aromatic N) is 4. The second kappa shape index (κ2) is 20.6. The van der Waals surface area contributed by atoms with E-state index in [9.17, 15) is 33.9 Å². The van der Waals surface area contributed by atoms with Crippen LogP contribution in [0.5, 0.6) is 0 Å². The maximum absolute atomic E-state index is 13.7. The van der Waals surface area contributed by atoms with E-state index >= 15 is 0 Å². The van der Waals surface area contributed by atoms with E-state index in [0.29, 0.717) is 61.1 Å². The summed E-state index contributed by atoms with van der Waals surface area (Å²) in [4.78, 5) is 77.8. The number of rotatable bonds is 16. The molecule has 17 heteroatoms. The number of aliphatic hydroxyl groups is 2. The average Bonchev–Trinajstić information content (AvgIpc) is 3.14. The summed E-state index contributed by atoms with van der Waals surface area (Å²) in [6.07, 6.45) is 1.82. The van der Waals surface area contributed by atoms with Gasteiger partial charge in [0.05, 0.1) is 29.5 Å². The molecule has 2 aromatic carbocycles. The second-order valence-corrected chi connectivity index (χ2v) is 14.8. The van der Waals surface area contributed by atoms with Crippen LogP contribution < -0.4 is 0 Å². The zero-order valence-electron chi connectivity index (χ0n) is 31.0. The minimum absolute atomic E-state index is 0.0186. The highest BCUT2D eigenvalue weighted by atomic mass is 35.5. The topological polar surface area (TPSA) is 217 Å². The Balaban J connectivity index is 0.000000534. The van der Waals surface area contributed by atoms with E-state index in [4.69, 9.17) is 43.6 Å². The molecule has 302 valence electrons. The van der Waals surface area contributed by atoms with Crippen molar-refractivity contribution in [1.82, 2.24) is 19.6 Å². The van der Waals surface area contributed by atoms with Gasteiger partial charge in [0, 0.05) is 64.7 Å². The van der Waals surface area contributed by atoms with Crippen LogP contribution in [-0.4, -0.2) is 152 Å². The Kier molecular flexibility index (Phi) is 16.9. The first-order valence-corrected chi connectivity index (χ1v) is 18.7. The predicted octanol–water partition coefficient (Wildman–Crippen LogP) is 3.29. The van der Waals surface area contributed by atoms with Gasteiger partial charge in [-0.05, 0) is 68.5 Å². The molecule has 2 saturated heterocycles. The Morgan fingerprint density at radius 1 is 0.873 bits per heavy atom. The number of hydrogen-bond acceptors (Lipinski definition) is 9. The van der Waals surface area contributed by atoms with Crippen LogP contribution in [0.25, 0.3) is 0 Å². The lowest BCUT2D eigenvalue weighted by Crippen LogP contribution is -2.65. The van der Waals surface area contributed by atoms with Crippen molar-refractivity contribution in [3.05, 3.63) is 69.7 Å². The van der Waals surface area contributed by atoms with E-state index < -0.39 is 41.9 Å². The van der Waals surface area contributed by atoms with Crippen molar-refractivity contribution in [2.24, 2.45) is 0 Å². The summed E-state index contributed by atoms with van der Waals surface area (Å²) < 4.78 is 0. The molecule has 3 amide bonds. The molecule has 0 bridgehead atoms. The highest BCUT2D eigenvalue weighted by Gasteiger charge is 2.49. The molecule has 2 aliphatic rings. The molecule has 0 spiro atoms. The van der Waals surface area contributed by atoms with Crippen LogP contribution in [0.3, 0.4) is 0 Å². The molecule has 5 N–H and O–H groups in total. The molecule has 2 heterocycles. The predicted molar refractivity (Wildman–Crippen MR) is 203 cm³/mol. The van der Waals surface area contributed by atoms with Gasteiger partial charge in [-0.25, -0.2) is 4.79 Å². The molecule has 0 saturated carbocycles. The largest absolute Gasteiger partial charge is 0.481 e. The van der Waals surface area contributed by atoms with Crippen LogP contribution in [0, 0.1) is 0 Å². The zero-order valence-corrected chi connectivity index (χ0v) is 32.5. The number of benzene rings is 2. The van der Waals surface area contributed by atoms with E-state index in [0.717, 1.165) is 31.4 Å². The molecule has 4 rings (SSSR count). The van der Waals surface area contributed by atoms with Crippen molar-refractivity contribution >= 4 is 58.8 Å². The number of halogens is 2. The molecule has 2 aliphatic heterocycles. The molecule has 2 aromatic rings. The maximum atomic E-state index is 13.7. The number of carbonyl (C=O) groups is 6. The van der Waals surface area contributed by atoms with Gasteiger partial charge < -0.3 is 45.1 Å². The Hall–Kier alpha value is -4.28. The third kappa shape index (κ3) is 12.4. The summed E-state index contributed by atoms with van der Waals surface area (Å²) in [6, 6.07) is 14.9. The Morgan fingerprint density at radius 2 is 1.49 bits per heavy atom. The lowest BCUT2D eigenvalue weighted by molar-refractivity contribution is -0.170. The van der Waals surface area contributed by atoms with Gasteiger partial charge in [-0.15, -0.1) is 0 Å². The van der Waals surface area contributed by atoms with Gasteiger partial charge in [0.25, 0.3) is 5.91 Å². The number of hydrogen-bond donors (Lipinski definition) is 5. The Morgan fingerprint density at radius 3 is 2.02 bits per heavy atom. The van der Waals surface area contributed by atoms with Gasteiger partial charge in [0.1, 0.15) is 5.54 Å². The van der Waals surface area contributed by atoms with Crippen molar-refractivity contribution in [3.63, 3.8) is 0 Å². The number of likely N-dealkylation sites (N-methyl/N-ethyl adjacent to an activating group) is 2. The first-order valence-electron chi connectivity index (χ1n) is 18.0. The monoisotopic (exact) mass is 808 g/mol. The summed E-state index contributed by atoms with van der Waals surface area (Å²) in [5.74, 6) is -5.08. The summed E-state index contributed by atoms with van der Waals surface area (Å²) in [5.41, 5.74) is -1.95. The number of carboxylic acids is 3. The summed E-state index contributed by atoms with van der Waals surface area (Å²) in [5, 5.41) is 44.2. The third-order valence-corrected chi connectivity index (χ3v) is 10.8. The Labute approximate surface area is 330 Å². The average molecular weight is 810 g/mol. The lowest BCUT2D eigenvalue weighted by Gasteiger charge is -2.50. The summed E-state index contributed by atoms with van der Waals surface area (Å²) >= 11 is 12.6. The fourth-order valence-corrected chi connectivity index (χ4v) is 7.31. The van der Waals surface area contributed by atoms with E-state index in [1.807, 2.05) is 54.4 Å². The number of amides is 3. The summed E-state index contributed by atoms with van der Waals surface area (Å²) in [7, 11) is 3.52. The molecule has 2 fully saturated rings. The van der Waals surface area contributed by atoms with Gasteiger partial charge in [0.15, 0.2) is 5.60 Å². The number of aliphatic carboxylic acids is 3. The standard InChI is InChI=1S/C32H42Cl2N4O4.C6H8O7/c1-35(20-21-39)31(42)32(38-16-7-6-10-29(38)40)14-18-37(19-15-32)17-13-26(25-11-12-27(33)28(34)22-25)23-36(2)30(41)24-8-4-3-5-9-24;7-3(8)1-6(13,5(11)12)2-4(9)10/h3-5,8-9,11-12,22,26,39H,6-7,10,13-21,23H2,1-2H3;13H,1-2H2,(H,7,8)(H,9,10)(H,11,12)/t26-;/m1./s1. The number of piperidine rings is 2. The number of likely N-dealkylation sites (tertiary alicyclic amines) is 2. The number of aliphatic hydroxyl groups excluding tert-OH is 1. The Bertz CT molecular complexity index is 1650. The minimum atomic E-state index is -2.74. The lowest BCUT2D eigenvalue weighted by atomic mass is 9.82. The van der Waals surface area contributed by atoms with E-state index in [1.54, 1.807) is 22.9 Å². The van der Waals surface area contributed by atoms with Crippen LogP contribution in [0.2, 0.25) is 10.0 Å². The van der Waals surface area contributed by atoms with Gasteiger partial charge in [0.2, 0.25) is 11.8 Å². The molecule has 0 aromatic heterocycles. The van der Waals surface area contributed by atoms with Gasteiger partial charge in [-0.3, -0.25) is 24.0 Å². The van der Waals surface area contributed by atoms with Crippen molar-refractivity contribution in [1.29, 1.82) is 0 Å². The van der Waals surface area contributed by atoms with Crippen molar-refractivity contribution in [2.45, 2.75) is 68.4 Å². The van der Waals surface area contributed by atoms with Crippen LogP contribution >= 0.6 is 23.2 Å². The molecule has 15 nitrogen and oxygen atoms in total. The van der Waals surface area contributed by atoms with Crippen molar-refractivity contribution in [3.8, 4) is 0 Å². The van der Waals surface area contributed by atoms with Crippen LogP contribution in [0.1, 0.15) is 73.2 Å². The molecular weight excluding hydrogens is 759 g/mol. The zero-order chi connectivity index (χ0) is 40.9. The smallest absolute Gasteiger partial charge is 0.336 e. The first kappa shape index (κ1) is 45.1. The fourth-order valence-electron chi connectivity index (χ4n) is 7.01. The highest BCUT2D eigenvalue weighted by molar-refractivity contribution is 6.42. The minimum Gasteiger partial charge on any atom is -0.481 e. The van der Waals surface area contributed by atoms with Gasteiger partial charge >= 0.3 is 17.9 Å². The number of carboxylic acid groups (broad SMARTS) is 3. The van der Waals surface area contributed by atoms with E-state index in [-0.39, 0.29) is 36.8 Å². The van der Waals surface area contributed by atoms with Crippen LogP contribution in [0.4, 0.5) is 0 Å². The van der Waals surface area contributed by atoms with E-state index in [1.165, 1.54) is 0 Å². The summed E-state index contributed by atoms with van der Waals surface area (Å²) in [6.45, 7) is 3.35. The van der Waals surface area contributed by atoms with E-state index in [2.05, 4.69) is 4.90 Å². The quantitative estimate of drug-likeness (QED) is 0.165. The van der Waals surface area contributed by atoms with Gasteiger partial charge in [-0.1, -0.05) is 47.5 Å². The van der Waals surface area contributed by atoms with Crippen LogP contribution in [-0.2, 0) is 24.0 Å². The maximum Gasteiger partial charge on any atom is 0.336 e. The normalized spacial score (nSPS) is 16.3. The fraction of sp³-hybridized carbons (Fsp3) is 0.526. The highest BCUT2D eigenvalue weighted by Crippen LogP contribution is 2.35. The first-order chi connectivity index (χ1) is 25.9. The molecule has 1 atom stereocenters. The molecule has 0 radical (unpaired) electrons. The van der Waals surface area contributed by atoms with Crippen molar-refractivity contribution < 1.29 is 54.3 Å². The number of carbonyl (C=O) groups excluding carboxylic acids is 3. The van der Waals surface area contributed by atoms with Crippen LogP contribution in [0.15, 0.2) is 48.5 Å². The molecule has 0 aliphatic carbocycles. The molecule has 0 unspecified atom stereocenters. The third-order valence-electron chi connectivity index (χ3n) is 10.1. The molecule has 55 heavy (non-hydrogen) atoms. The second-order valence-electron chi connectivity index (χ2n) is 14.0. The van der Waals surface area contributed by atoms with Gasteiger partial charge in [-0.2, -0.15) is 0 Å². The van der Waals surface area contributed by atoms with Crippen molar-refractivity contribution in [2.75, 3.05) is 60.0 Å². The SMILES string of the molecule is CN(C[C@@H](CCN1CCC(C(=O)N(C)CCO)(N2CCCCC2=O)CC1)c1ccc(Cl)c(Cl)c1)C(=O)c1ccccc1.O=C(O)CC(O)(CC(=O)O)C(=O)O. The molecular formula is C38H50Cl2N4O11.